The quantitative estimate of drug-likeness (QED) is 0.436. The zero-order valence-electron chi connectivity index (χ0n) is 12.8. The van der Waals surface area contributed by atoms with Crippen molar-refractivity contribution in [2.45, 2.75) is 29.0 Å². The molecule has 1 aromatic carbocycles. The van der Waals surface area contributed by atoms with Gasteiger partial charge in [-0.2, -0.15) is 0 Å². The van der Waals surface area contributed by atoms with Crippen LogP contribution < -0.4 is 0 Å². The van der Waals surface area contributed by atoms with Crippen LogP contribution in [0.2, 0.25) is 5.02 Å². The van der Waals surface area contributed by atoms with E-state index in [1.165, 1.54) is 11.8 Å². The fraction of sp³-hybridized carbons (Fsp3) is 0.176. The highest BCUT2D eigenvalue weighted by Crippen LogP contribution is 2.42. The van der Waals surface area contributed by atoms with Gasteiger partial charge in [0, 0.05) is 21.9 Å². The summed E-state index contributed by atoms with van der Waals surface area (Å²) in [6.07, 6.45) is 3.84. The minimum atomic E-state index is 0.443. The monoisotopic (exact) mass is 386 g/mol. The molecule has 1 aliphatic carbocycles. The molecule has 3 heterocycles. The Bertz CT molecular complexity index is 1060. The highest BCUT2D eigenvalue weighted by Gasteiger charge is 2.29. The third kappa shape index (κ3) is 2.92. The maximum atomic E-state index is 6.01. The van der Waals surface area contributed by atoms with Gasteiger partial charge in [0.15, 0.2) is 0 Å². The minimum Gasteiger partial charge on any atom is -0.415 e. The summed E-state index contributed by atoms with van der Waals surface area (Å²) >= 11 is 8.99. The van der Waals surface area contributed by atoms with Crippen LogP contribution in [-0.4, -0.2) is 20.2 Å². The van der Waals surface area contributed by atoms with Crippen molar-refractivity contribution in [3.8, 4) is 11.1 Å². The Balaban J connectivity index is 1.57. The van der Waals surface area contributed by atoms with Crippen LogP contribution in [0.4, 0.5) is 0 Å². The van der Waals surface area contributed by atoms with Crippen LogP contribution in [0.1, 0.15) is 24.7 Å². The molecule has 25 heavy (non-hydrogen) atoms. The average Bonchev–Trinajstić information content (AvgIpc) is 3.21. The van der Waals surface area contributed by atoms with Gasteiger partial charge < -0.3 is 4.42 Å². The van der Waals surface area contributed by atoms with E-state index < -0.39 is 0 Å². The second kappa shape index (κ2) is 6.09. The molecule has 1 aliphatic rings. The molecule has 0 atom stereocenters. The topological polar surface area (TPSA) is 64.7 Å². The van der Waals surface area contributed by atoms with E-state index in [1.807, 2.05) is 24.3 Å². The highest BCUT2D eigenvalue weighted by molar-refractivity contribution is 7.99. The van der Waals surface area contributed by atoms with E-state index in [0.29, 0.717) is 16.2 Å². The van der Waals surface area contributed by atoms with Gasteiger partial charge in [-0.3, -0.25) is 0 Å². The summed E-state index contributed by atoms with van der Waals surface area (Å²) in [5.74, 6) is 1.18. The predicted molar refractivity (Wildman–Crippen MR) is 98.3 cm³/mol. The molecule has 124 valence electrons. The van der Waals surface area contributed by atoms with Gasteiger partial charge in [-0.25, -0.2) is 9.97 Å². The summed E-state index contributed by atoms with van der Waals surface area (Å²) < 4.78 is 5.76. The number of benzene rings is 1. The van der Waals surface area contributed by atoms with E-state index in [4.69, 9.17) is 16.0 Å². The van der Waals surface area contributed by atoms with Crippen molar-refractivity contribution < 1.29 is 4.42 Å². The minimum absolute atomic E-state index is 0.443. The summed E-state index contributed by atoms with van der Waals surface area (Å²) in [7, 11) is 0. The Kier molecular flexibility index (Phi) is 3.73. The SMILES string of the molecule is Clc1ccc(-c2csc3ncnc(Sc4nnc(C5CC5)o4)c23)cc1. The molecule has 0 saturated heterocycles. The van der Waals surface area contributed by atoms with Crippen LogP contribution in [0, 0.1) is 0 Å². The van der Waals surface area contributed by atoms with Gasteiger partial charge in [-0.1, -0.05) is 23.7 Å². The van der Waals surface area contributed by atoms with Crippen molar-refractivity contribution in [3.05, 3.63) is 46.9 Å². The maximum absolute atomic E-state index is 6.01. The number of aromatic nitrogens is 4. The first kappa shape index (κ1) is 15.3. The number of fused-ring (bicyclic) bond motifs is 1. The molecular formula is C17H11ClN4OS2. The second-order valence-electron chi connectivity index (χ2n) is 5.80. The number of halogens is 1. The molecule has 3 aromatic heterocycles. The predicted octanol–water partition coefficient (Wildman–Crippen LogP) is 5.42. The lowest BCUT2D eigenvalue weighted by molar-refractivity contribution is 0.414. The third-order valence-corrected chi connectivity index (χ3v) is 6.00. The standard InChI is InChI=1S/C17H11ClN4OS2/c18-11-5-3-9(4-6-11)12-7-24-15-13(12)16(20-8-19-15)25-17-22-21-14(23-17)10-1-2-10/h3-8,10H,1-2H2. The summed E-state index contributed by atoms with van der Waals surface area (Å²) in [6.45, 7) is 0. The number of rotatable bonds is 4. The lowest BCUT2D eigenvalue weighted by Gasteiger charge is -2.03. The van der Waals surface area contributed by atoms with Crippen molar-refractivity contribution in [2.24, 2.45) is 0 Å². The third-order valence-electron chi connectivity index (χ3n) is 4.02. The van der Waals surface area contributed by atoms with Crippen LogP contribution in [0.15, 0.2) is 50.6 Å². The Morgan fingerprint density at radius 1 is 1.12 bits per heavy atom. The summed E-state index contributed by atoms with van der Waals surface area (Å²) in [5, 5.41) is 13.4. The first-order valence-electron chi connectivity index (χ1n) is 7.77. The fourth-order valence-electron chi connectivity index (χ4n) is 2.61. The maximum Gasteiger partial charge on any atom is 0.282 e. The molecule has 0 radical (unpaired) electrons. The van der Waals surface area contributed by atoms with Crippen molar-refractivity contribution in [2.75, 3.05) is 0 Å². The van der Waals surface area contributed by atoms with Gasteiger partial charge in [-0.15, -0.1) is 21.5 Å². The van der Waals surface area contributed by atoms with Gasteiger partial charge >= 0.3 is 0 Å². The van der Waals surface area contributed by atoms with Gasteiger partial charge in [0.1, 0.15) is 16.2 Å². The van der Waals surface area contributed by atoms with E-state index in [-0.39, 0.29) is 0 Å². The van der Waals surface area contributed by atoms with Crippen LogP contribution in [0.25, 0.3) is 21.3 Å². The van der Waals surface area contributed by atoms with E-state index in [0.717, 1.165) is 45.1 Å². The number of thiophene rings is 1. The van der Waals surface area contributed by atoms with Crippen LogP contribution in [0.5, 0.6) is 0 Å². The van der Waals surface area contributed by atoms with Gasteiger partial charge in [0.05, 0.1) is 5.39 Å². The molecule has 5 nitrogen and oxygen atoms in total. The van der Waals surface area contributed by atoms with Gasteiger partial charge in [0.25, 0.3) is 5.22 Å². The van der Waals surface area contributed by atoms with Crippen molar-refractivity contribution >= 4 is 44.9 Å². The Morgan fingerprint density at radius 3 is 2.76 bits per heavy atom. The van der Waals surface area contributed by atoms with Crippen LogP contribution >= 0.6 is 34.7 Å². The van der Waals surface area contributed by atoms with Crippen molar-refractivity contribution in [1.82, 2.24) is 20.2 Å². The zero-order valence-corrected chi connectivity index (χ0v) is 15.2. The average molecular weight is 387 g/mol. The molecule has 1 fully saturated rings. The van der Waals surface area contributed by atoms with E-state index in [2.05, 4.69) is 25.5 Å². The van der Waals surface area contributed by atoms with Crippen LogP contribution in [0.3, 0.4) is 0 Å². The molecule has 0 spiro atoms. The van der Waals surface area contributed by atoms with Gasteiger partial charge in [-0.05, 0) is 42.3 Å². The van der Waals surface area contributed by atoms with E-state index >= 15 is 0 Å². The second-order valence-corrected chi connectivity index (χ2v) is 8.03. The zero-order chi connectivity index (χ0) is 16.8. The Hall–Kier alpha value is -1.96. The highest BCUT2D eigenvalue weighted by atomic mass is 35.5. The fourth-order valence-corrected chi connectivity index (χ4v) is 4.50. The van der Waals surface area contributed by atoms with Crippen molar-refractivity contribution in [3.63, 3.8) is 0 Å². The molecule has 0 N–H and O–H groups in total. The lowest BCUT2D eigenvalue weighted by Crippen LogP contribution is -1.86. The van der Waals surface area contributed by atoms with E-state index in [9.17, 15) is 0 Å². The molecular weight excluding hydrogens is 376 g/mol. The molecule has 5 rings (SSSR count). The number of hydrogen-bond donors (Lipinski definition) is 0. The summed E-state index contributed by atoms with van der Waals surface area (Å²) in [4.78, 5) is 9.78. The van der Waals surface area contributed by atoms with Gasteiger partial charge in [0.2, 0.25) is 5.89 Å². The molecule has 0 aliphatic heterocycles. The molecule has 0 bridgehead atoms. The molecule has 4 aromatic rings. The Labute approximate surface area is 156 Å². The smallest absolute Gasteiger partial charge is 0.282 e. The summed E-state index contributed by atoms with van der Waals surface area (Å²) in [5.41, 5.74) is 2.16. The first-order chi connectivity index (χ1) is 12.3. The largest absolute Gasteiger partial charge is 0.415 e. The summed E-state index contributed by atoms with van der Waals surface area (Å²) in [6, 6.07) is 7.78. The van der Waals surface area contributed by atoms with Crippen LogP contribution in [-0.2, 0) is 0 Å². The number of hydrogen-bond acceptors (Lipinski definition) is 7. The Morgan fingerprint density at radius 2 is 1.96 bits per heavy atom. The molecule has 0 unspecified atom stereocenters. The molecule has 0 amide bonds. The lowest BCUT2D eigenvalue weighted by atomic mass is 10.1. The molecule has 8 heteroatoms. The number of nitrogens with zero attached hydrogens (tertiary/aromatic N) is 4. The molecule has 1 saturated carbocycles. The van der Waals surface area contributed by atoms with Crippen molar-refractivity contribution in [1.29, 1.82) is 0 Å². The first-order valence-corrected chi connectivity index (χ1v) is 9.85. The normalized spacial score (nSPS) is 14.3. The van der Waals surface area contributed by atoms with E-state index in [1.54, 1.807) is 17.7 Å².